The minimum absolute atomic E-state index is 0.142. The molecule has 1 unspecified atom stereocenters. The van der Waals surface area contributed by atoms with Crippen LogP contribution in [0, 0.1) is 5.92 Å². The number of rotatable bonds is 5. The lowest BCUT2D eigenvalue weighted by Gasteiger charge is -2.33. The first-order chi connectivity index (χ1) is 11.6. The lowest BCUT2D eigenvalue weighted by atomic mass is 9.93. The molecule has 0 aromatic carbocycles. The van der Waals surface area contributed by atoms with E-state index in [0.717, 1.165) is 24.5 Å². The highest BCUT2D eigenvalue weighted by molar-refractivity contribution is 5.12. The molecule has 130 valence electrons. The summed E-state index contributed by atoms with van der Waals surface area (Å²) in [6.07, 6.45) is 6.35. The third-order valence-corrected chi connectivity index (χ3v) is 5.11. The van der Waals surface area contributed by atoms with Gasteiger partial charge < -0.3 is 4.90 Å². The van der Waals surface area contributed by atoms with Crippen LogP contribution in [0.4, 0.5) is 0 Å². The number of pyridine rings is 1. The van der Waals surface area contributed by atoms with Gasteiger partial charge in [0.25, 0.3) is 0 Å². The summed E-state index contributed by atoms with van der Waals surface area (Å²) in [6, 6.07) is 6.85. The Morgan fingerprint density at radius 3 is 2.42 bits per heavy atom. The van der Waals surface area contributed by atoms with Gasteiger partial charge in [0.1, 0.15) is 0 Å². The van der Waals surface area contributed by atoms with Gasteiger partial charge in [-0.1, -0.05) is 25.1 Å². The summed E-state index contributed by atoms with van der Waals surface area (Å²) in [4.78, 5) is 7.08. The number of likely N-dealkylation sites (tertiary alicyclic amines) is 1. The van der Waals surface area contributed by atoms with Crippen LogP contribution in [0.25, 0.3) is 0 Å². The molecule has 3 heterocycles. The molecule has 0 bridgehead atoms. The van der Waals surface area contributed by atoms with E-state index in [0.29, 0.717) is 17.9 Å². The van der Waals surface area contributed by atoms with Crippen molar-refractivity contribution in [3.05, 3.63) is 42.0 Å². The molecular formula is C19H29N5. The number of nitrogens with zero attached hydrogens (tertiary/aromatic N) is 5. The maximum atomic E-state index is 4.53. The summed E-state index contributed by atoms with van der Waals surface area (Å²) in [5, 5.41) is 8.96. The molecule has 0 spiro atoms. The van der Waals surface area contributed by atoms with E-state index >= 15 is 0 Å². The molecular weight excluding hydrogens is 298 g/mol. The van der Waals surface area contributed by atoms with Crippen molar-refractivity contribution in [1.29, 1.82) is 0 Å². The molecule has 1 atom stereocenters. The summed E-state index contributed by atoms with van der Waals surface area (Å²) in [7, 11) is 0. The van der Waals surface area contributed by atoms with Crippen molar-refractivity contribution in [3.63, 3.8) is 0 Å². The lowest BCUT2D eigenvalue weighted by Crippen LogP contribution is -2.37. The minimum Gasteiger partial charge on any atom is -0.301 e. The van der Waals surface area contributed by atoms with E-state index in [2.05, 4.69) is 60.2 Å². The molecule has 0 amide bonds. The molecule has 24 heavy (non-hydrogen) atoms. The average Bonchev–Trinajstić information content (AvgIpc) is 3.05. The van der Waals surface area contributed by atoms with Gasteiger partial charge in [-0.05, 0) is 57.8 Å². The molecule has 0 N–H and O–H groups in total. The minimum atomic E-state index is 0.142. The van der Waals surface area contributed by atoms with Gasteiger partial charge in [0, 0.05) is 24.4 Å². The zero-order valence-electron chi connectivity index (χ0n) is 15.3. The van der Waals surface area contributed by atoms with Crippen LogP contribution in [0.3, 0.4) is 0 Å². The Morgan fingerprint density at radius 1 is 1.08 bits per heavy atom. The third-order valence-electron chi connectivity index (χ3n) is 5.11. The first-order valence-corrected chi connectivity index (χ1v) is 9.13. The highest BCUT2D eigenvalue weighted by atomic mass is 15.4. The SMILES string of the molecule is CC(C)C(c1ccccn1)n1cc(C2CCN(C(C)C)CC2)nn1. The van der Waals surface area contributed by atoms with E-state index in [1.165, 1.54) is 12.8 Å². The molecule has 2 aromatic heterocycles. The summed E-state index contributed by atoms with van der Waals surface area (Å²) >= 11 is 0. The average molecular weight is 327 g/mol. The number of piperidine rings is 1. The second-order valence-corrected chi connectivity index (χ2v) is 7.47. The predicted octanol–water partition coefficient (Wildman–Crippen LogP) is 3.51. The van der Waals surface area contributed by atoms with Crippen LogP contribution in [0.5, 0.6) is 0 Å². The summed E-state index contributed by atoms with van der Waals surface area (Å²) < 4.78 is 2.01. The fourth-order valence-electron chi connectivity index (χ4n) is 3.66. The van der Waals surface area contributed by atoms with E-state index in [1.54, 1.807) is 0 Å². The highest BCUT2D eigenvalue weighted by Crippen LogP contribution is 2.29. The zero-order valence-corrected chi connectivity index (χ0v) is 15.3. The Balaban J connectivity index is 1.75. The number of hydrogen-bond acceptors (Lipinski definition) is 4. The normalized spacial score (nSPS) is 18.4. The van der Waals surface area contributed by atoms with Crippen LogP contribution in [0.2, 0.25) is 0 Å². The fraction of sp³-hybridized carbons (Fsp3) is 0.632. The maximum absolute atomic E-state index is 4.53. The first kappa shape index (κ1) is 17.1. The van der Waals surface area contributed by atoms with E-state index < -0.39 is 0 Å². The van der Waals surface area contributed by atoms with Gasteiger partial charge in [-0.2, -0.15) is 0 Å². The molecule has 1 aliphatic rings. The Kier molecular flexibility index (Phi) is 5.29. The fourth-order valence-corrected chi connectivity index (χ4v) is 3.66. The zero-order chi connectivity index (χ0) is 17.1. The van der Waals surface area contributed by atoms with Crippen molar-refractivity contribution in [3.8, 4) is 0 Å². The maximum Gasteiger partial charge on any atom is 0.0979 e. The first-order valence-electron chi connectivity index (χ1n) is 9.13. The van der Waals surface area contributed by atoms with Gasteiger partial charge in [-0.25, -0.2) is 4.68 Å². The largest absolute Gasteiger partial charge is 0.301 e. The Labute approximate surface area is 145 Å². The van der Waals surface area contributed by atoms with Crippen LogP contribution >= 0.6 is 0 Å². The Morgan fingerprint density at radius 2 is 1.83 bits per heavy atom. The van der Waals surface area contributed by atoms with Crippen molar-refractivity contribution in [2.75, 3.05) is 13.1 Å². The summed E-state index contributed by atoms with van der Waals surface area (Å²) in [5.74, 6) is 0.947. The number of aromatic nitrogens is 4. The molecule has 0 aliphatic carbocycles. The van der Waals surface area contributed by atoms with Gasteiger partial charge in [-0.3, -0.25) is 4.98 Å². The Bertz CT molecular complexity index is 626. The molecule has 2 aromatic rings. The van der Waals surface area contributed by atoms with E-state index in [1.807, 2.05) is 23.0 Å². The second kappa shape index (κ2) is 7.43. The van der Waals surface area contributed by atoms with Crippen LogP contribution in [0.15, 0.2) is 30.6 Å². The highest BCUT2D eigenvalue weighted by Gasteiger charge is 2.26. The molecule has 0 saturated carbocycles. The van der Waals surface area contributed by atoms with E-state index in [4.69, 9.17) is 0 Å². The van der Waals surface area contributed by atoms with Crippen LogP contribution in [0.1, 0.15) is 63.9 Å². The van der Waals surface area contributed by atoms with E-state index in [9.17, 15) is 0 Å². The van der Waals surface area contributed by atoms with E-state index in [-0.39, 0.29) is 6.04 Å². The van der Waals surface area contributed by atoms with Crippen LogP contribution in [-0.4, -0.2) is 44.0 Å². The van der Waals surface area contributed by atoms with Crippen molar-refractivity contribution in [1.82, 2.24) is 24.9 Å². The van der Waals surface area contributed by atoms with Crippen molar-refractivity contribution in [2.45, 2.75) is 58.5 Å². The molecule has 1 aliphatic heterocycles. The monoisotopic (exact) mass is 327 g/mol. The van der Waals surface area contributed by atoms with Crippen LogP contribution in [-0.2, 0) is 0 Å². The van der Waals surface area contributed by atoms with Gasteiger partial charge in [0.15, 0.2) is 0 Å². The van der Waals surface area contributed by atoms with Gasteiger partial charge in [0.05, 0.1) is 17.4 Å². The predicted molar refractivity (Wildman–Crippen MR) is 95.9 cm³/mol. The number of hydrogen-bond donors (Lipinski definition) is 0. The third kappa shape index (κ3) is 3.66. The summed E-state index contributed by atoms with van der Waals surface area (Å²) in [6.45, 7) is 11.3. The molecule has 5 nitrogen and oxygen atoms in total. The van der Waals surface area contributed by atoms with Crippen molar-refractivity contribution in [2.24, 2.45) is 5.92 Å². The second-order valence-electron chi connectivity index (χ2n) is 7.47. The quantitative estimate of drug-likeness (QED) is 0.843. The van der Waals surface area contributed by atoms with Gasteiger partial charge in [-0.15, -0.1) is 5.10 Å². The topological polar surface area (TPSA) is 46.8 Å². The molecule has 3 rings (SSSR count). The van der Waals surface area contributed by atoms with Crippen LogP contribution < -0.4 is 0 Å². The molecule has 1 saturated heterocycles. The summed E-state index contributed by atoms with van der Waals surface area (Å²) in [5.41, 5.74) is 2.19. The van der Waals surface area contributed by atoms with Gasteiger partial charge >= 0.3 is 0 Å². The Hall–Kier alpha value is -1.75. The van der Waals surface area contributed by atoms with Gasteiger partial charge in [0.2, 0.25) is 0 Å². The standard InChI is InChI=1S/C19H29N5/c1-14(2)19(17-7-5-6-10-20-17)24-13-18(21-22-24)16-8-11-23(12-9-16)15(3)4/h5-7,10,13-16,19H,8-9,11-12H2,1-4H3. The molecule has 0 radical (unpaired) electrons. The molecule has 5 heteroatoms. The molecule has 1 fully saturated rings. The lowest BCUT2D eigenvalue weighted by molar-refractivity contribution is 0.171. The van der Waals surface area contributed by atoms with Crippen molar-refractivity contribution >= 4 is 0 Å². The van der Waals surface area contributed by atoms with Crippen molar-refractivity contribution < 1.29 is 0 Å². The smallest absolute Gasteiger partial charge is 0.0979 e.